The largest absolute Gasteiger partial charge is 0.455 e. The molecule has 1 N–H and O–H groups in total. The highest BCUT2D eigenvalue weighted by molar-refractivity contribution is 6.08. The molecule has 1 aliphatic rings. The molecule has 1 heterocycles. The van der Waals surface area contributed by atoms with Crippen molar-refractivity contribution >= 4 is 29.3 Å². The normalized spacial score (nSPS) is 13.8. The maximum atomic E-state index is 13.5. The molecule has 0 saturated heterocycles. The zero-order valence-electron chi connectivity index (χ0n) is 20.1. The van der Waals surface area contributed by atoms with Crippen molar-refractivity contribution in [3.05, 3.63) is 71.5 Å². The van der Waals surface area contributed by atoms with Crippen LogP contribution in [0.15, 0.2) is 54.6 Å². The molecule has 3 rings (SSSR count). The summed E-state index contributed by atoms with van der Waals surface area (Å²) in [6.45, 7) is 5.05. The molecule has 1 aromatic heterocycles. The van der Waals surface area contributed by atoms with Crippen LogP contribution in [0.1, 0.15) is 53.6 Å². The maximum absolute atomic E-state index is 13.5. The van der Waals surface area contributed by atoms with E-state index >= 15 is 0 Å². The van der Waals surface area contributed by atoms with E-state index in [4.69, 9.17) is 4.74 Å². The Morgan fingerprint density at radius 3 is 2.43 bits per heavy atom. The Kier molecular flexibility index (Phi) is 7.23. The zero-order chi connectivity index (χ0) is 26.0. The number of esters is 1. The minimum Gasteiger partial charge on any atom is -0.455 e. The number of rotatable bonds is 5. The predicted molar refractivity (Wildman–Crippen MR) is 128 cm³/mol. The van der Waals surface area contributed by atoms with Crippen molar-refractivity contribution in [2.45, 2.75) is 39.0 Å². The summed E-state index contributed by atoms with van der Waals surface area (Å²) in [6, 6.07) is 4.41. The molecule has 0 spiro atoms. The van der Waals surface area contributed by atoms with Gasteiger partial charge >= 0.3 is 12.1 Å². The van der Waals surface area contributed by atoms with Crippen LogP contribution in [-0.4, -0.2) is 41.1 Å². The Labute approximate surface area is 201 Å². The Bertz CT molecular complexity index is 1220. The van der Waals surface area contributed by atoms with Crippen molar-refractivity contribution in [3.8, 4) is 0 Å². The molecule has 0 aliphatic heterocycles. The molecule has 1 aliphatic carbocycles. The molecule has 0 atom stereocenters. The van der Waals surface area contributed by atoms with E-state index in [1.165, 1.54) is 16.7 Å². The van der Waals surface area contributed by atoms with Crippen LogP contribution in [0, 0.1) is 0 Å². The van der Waals surface area contributed by atoms with Crippen LogP contribution in [0.3, 0.4) is 0 Å². The molecule has 0 saturated carbocycles. The van der Waals surface area contributed by atoms with Crippen LogP contribution in [0.2, 0.25) is 0 Å². The summed E-state index contributed by atoms with van der Waals surface area (Å²) in [6.07, 6.45) is 5.09. The van der Waals surface area contributed by atoms with Crippen LogP contribution in [0.25, 0.3) is 5.70 Å². The van der Waals surface area contributed by atoms with Crippen molar-refractivity contribution in [3.63, 3.8) is 0 Å². The van der Waals surface area contributed by atoms with Gasteiger partial charge in [-0.15, -0.1) is 0 Å². The second kappa shape index (κ2) is 9.81. The average Bonchev–Trinajstić information content (AvgIpc) is 2.92. The number of benzene rings is 1. The Morgan fingerprint density at radius 1 is 1.11 bits per heavy atom. The lowest BCUT2D eigenvalue weighted by Gasteiger charge is -2.21. The van der Waals surface area contributed by atoms with Gasteiger partial charge in [0.2, 0.25) is 5.95 Å². The van der Waals surface area contributed by atoms with Crippen molar-refractivity contribution in [1.29, 1.82) is 0 Å². The number of carbonyl (C=O) groups excluding carboxylic acids is 2. The summed E-state index contributed by atoms with van der Waals surface area (Å²) in [7, 11) is 3.39. The minimum absolute atomic E-state index is 0.118. The van der Waals surface area contributed by atoms with E-state index in [2.05, 4.69) is 10.3 Å². The number of hydrogen-bond acceptors (Lipinski definition) is 5. The molecule has 35 heavy (non-hydrogen) atoms. The standard InChI is InChI=1S/C25H27F3N4O3/c1-24(2,3)35-22(34)19-20(29-21(33)17-14-10-11-15-18(17)25(26,27)28)30-23(31(4)5)32(19)16-12-8-6-7-9-13-16/h6,8-15H,7H2,1-5H3,(H,29,33). The third-order valence-corrected chi connectivity index (χ3v) is 4.78. The first-order chi connectivity index (χ1) is 16.3. The van der Waals surface area contributed by atoms with Crippen molar-refractivity contribution in [2.24, 2.45) is 0 Å². The van der Waals surface area contributed by atoms with Gasteiger partial charge in [0, 0.05) is 19.8 Å². The Morgan fingerprint density at radius 2 is 1.80 bits per heavy atom. The van der Waals surface area contributed by atoms with Gasteiger partial charge in [0.15, 0.2) is 11.5 Å². The van der Waals surface area contributed by atoms with Gasteiger partial charge in [-0.2, -0.15) is 18.2 Å². The summed E-state index contributed by atoms with van der Waals surface area (Å²) in [5, 5.41) is 2.41. The van der Waals surface area contributed by atoms with Gasteiger partial charge in [-0.3, -0.25) is 9.36 Å². The van der Waals surface area contributed by atoms with Crippen LogP contribution in [0.4, 0.5) is 24.9 Å². The summed E-state index contributed by atoms with van der Waals surface area (Å²) in [5.74, 6) is -1.79. The predicted octanol–water partition coefficient (Wildman–Crippen LogP) is 5.53. The van der Waals surface area contributed by atoms with E-state index in [1.807, 2.05) is 18.2 Å². The highest BCUT2D eigenvalue weighted by Gasteiger charge is 2.36. The topological polar surface area (TPSA) is 76.5 Å². The molecule has 0 bridgehead atoms. The number of carbonyl (C=O) groups is 2. The number of hydrogen-bond donors (Lipinski definition) is 1. The molecule has 2 aromatic rings. The summed E-state index contributed by atoms with van der Waals surface area (Å²) in [5.41, 5.74) is -2.11. The van der Waals surface area contributed by atoms with Crippen LogP contribution in [0.5, 0.6) is 0 Å². The fourth-order valence-electron chi connectivity index (χ4n) is 3.38. The fourth-order valence-corrected chi connectivity index (χ4v) is 3.38. The summed E-state index contributed by atoms with van der Waals surface area (Å²) in [4.78, 5) is 32.3. The van der Waals surface area contributed by atoms with E-state index in [0.29, 0.717) is 12.1 Å². The summed E-state index contributed by atoms with van der Waals surface area (Å²) < 4.78 is 47.6. The highest BCUT2D eigenvalue weighted by Crippen LogP contribution is 2.34. The second-order valence-corrected chi connectivity index (χ2v) is 9.00. The van der Waals surface area contributed by atoms with Crippen LogP contribution in [-0.2, 0) is 10.9 Å². The lowest BCUT2D eigenvalue weighted by molar-refractivity contribution is -0.137. The van der Waals surface area contributed by atoms with E-state index in [0.717, 1.165) is 12.1 Å². The Hall–Kier alpha value is -3.82. The van der Waals surface area contributed by atoms with Gasteiger partial charge in [-0.25, -0.2) is 4.79 Å². The molecular formula is C25H27F3N4O3. The van der Waals surface area contributed by atoms with Crippen molar-refractivity contribution in [2.75, 3.05) is 24.3 Å². The molecule has 1 aromatic carbocycles. The highest BCUT2D eigenvalue weighted by atomic mass is 19.4. The zero-order valence-corrected chi connectivity index (χ0v) is 20.1. The van der Waals surface area contributed by atoms with Gasteiger partial charge < -0.3 is 15.0 Å². The molecule has 7 nitrogen and oxygen atoms in total. The van der Waals surface area contributed by atoms with Crippen LogP contribution < -0.4 is 10.2 Å². The average molecular weight is 489 g/mol. The number of imidazole rings is 1. The molecule has 0 fully saturated rings. The fraction of sp³-hybridized carbons (Fsp3) is 0.320. The third-order valence-electron chi connectivity index (χ3n) is 4.78. The van der Waals surface area contributed by atoms with E-state index in [1.54, 1.807) is 51.9 Å². The van der Waals surface area contributed by atoms with Gasteiger partial charge in [0.25, 0.3) is 5.91 Å². The SMILES string of the molecule is CN(C)c1nc(NC(=O)c2ccccc2C(F)(F)F)c(C(=O)OC(C)(C)C)n1C1=CC=CCC=C1. The molecular weight excluding hydrogens is 461 g/mol. The molecule has 1 amide bonds. The maximum Gasteiger partial charge on any atom is 0.417 e. The number of amides is 1. The van der Waals surface area contributed by atoms with Gasteiger partial charge in [-0.1, -0.05) is 30.4 Å². The number of allylic oxidation sites excluding steroid dienone is 6. The number of anilines is 2. The first kappa shape index (κ1) is 25.8. The number of halogens is 3. The van der Waals surface area contributed by atoms with Crippen LogP contribution >= 0.6 is 0 Å². The van der Waals surface area contributed by atoms with Gasteiger partial charge in [-0.05, 0) is 51.5 Å². The number of ether oxygens (including phenoxy) is 1. The second-order valence-electron chi connectivity index (χ2n) is 9.00. The van der Waals surface area contributed by atoms with E-state index < -0.39 is 34.8 Å². The van der Waals surface area contributed by atoms with Gasteiger partial charge in [0.1, 0.15) is 5.60 Å². The van der Waals surface area contributed by atoms with Crippen molar-refractivity contribution < 1.29 is 27.5 Å². The molecule has 186 valence electrons. The van der Waals surface area contributed by atoms with Crippen molar-refractivity contribution in [1.82, 2.24) is 9.55 Å². The van der Waals surface area contributed by atoms with E-state index in [9.17, 15) is 22.8 Å². The molecule has 10 heteroatoms. The smallest absolute Gasteiger partial charge is 0.417 e. The lowest BCUT2D eigenvalue weighted by atomic mass is 10.1. The lowest BCUT2D eigenvalue weighted by Crippen LogP contribution is -2.27. The quantitative estimate of drug-likeness (QED) is 0.560. The van der Waals surface area contributed by atoms with Gasteiger partial charge in [0.05, 0.1) is 11.1 Å². The summed E-state index contributed by atoms with van der Waals surface area (Å²) >= 11 is 0. The van der Waals surface area contributed by atoms with E-state index in [-0.39, 0.29) is 17.5 Å². The molecule has 0 radical (unpaired) electrons. The monoisotopic (exact) mass is 488 g/mol. The Balaban J connectivity index is 2.19. The first-order valence-corrected chi connectivity index (χ1v) is 10.8. The number of nitrogens with one attached hydrogen (secondary N) is 1. The number of nitrogens with zero attached hydrogens (tertiary/aromatic N) is 3. The first-order valence-electron chi connectivity index (χ1n) is 10.8. The molecule has 0 unspecified atom stereocenters. The third kappa shape index (κ3) is 6.00. The number of aromatic nitrogens is 2. The number of alkyl halides is 3. The minimum atomic E-state index is -4.74.